The number of hydrogen-bond donors (Lipinski definition) is 2. The Morgan fingerprint density at radius 3 is 2.59 bits per heavy atom. The van der Waals surface area contributed by atoms with E-state index < -0.39 is 34.9 Å². The van der Waals surface area contributed by atoms with Gasteiger partial charge in [-0.05, 0) is 19.4 Å². The zero-order valence-electron chi connectivity index (χ0n) is 18.9. The van der Waals surface area contributed by atoms with Crippen molar-refractivity contribution >= 4 is 17.7 Å². The maximum atomic E-state index is 14.0. The molecule has 0 unspecified atom stereocenters. The molecule has 2 N–H and O–H groups in total. The molecule has 2 atom stereocenters. The molecule has 0 saturated heterocycles. The summed E-state index contributed by atoms with van der Waals surface area (Å²) in [5.74, 6) is -3.45. The van der Waals surface area contributed by atoms with Gasteiger partial charge < -0.3 is 24.8 Å². The van der Waals surface area contributed by atoms with Crippen molar-refractivity contribution in [3.8, 4) is 5.75 Å². The zero-order valence-corrected chi connectivity index (χ0v) is 18.9. The molecule has 0 spiro atoms. The van der Waals surface area contributed by atoms with Crippen LogP contribution >= 0.6 is 0 Å². The summed E-state index contributed by atoms with van der Waals surface area (Å²) in [6.45, 7) is 3.60. The second kappa shape index (κ2) is 8.88. The molecule has 4 rings (SSSR count). The third-order valence-electron chi connectivity index (χ3n) is 6.17. The molecule has 3 heterocycles. The van der Waals surface area contributed by atoms with Crippen LogP contribution in [0.5, 0.6) is 5.75 Å². The number of likely N-dealkylation sites (N-methyl/N-ethyl adjacent to an activating group) is 1. The summed E-state index contributed by atoms with van der Waals surface area (Å²) >= 11 is 0. The van der Waals surface area contributed by atoms with Crippen LogP contribution in [0, 0.1) is 11.6 Å². The Hall–Kier alpha value is -3.76. The van der Waals surface area contributed by atoms with Crippen molar-refractivity contribution < 1.29 is 27.9 Å². The fourth-order valence-electron chi connectivity index (χ4n) is 4.72. The first-order chi connectivity index (χ1) is 16.2. The summed E-state index contributed by atoms with van der Waals surface area (Å²) in [5.41, 5.74) is -0.816. The van der Waals surface area contributed by atoms with Crippen LogP contribution in [0.25, 0.3) is 0 Å². The lowest BCUT2D eigenvalue weighted by molar-refractivity contribution is -0.119. The maximum absolute atomic E-state index is 14.0. The molecule has 180 valence electrons. The molecule has 0 saturated carbocycles. The van der Waals surface area contributed by atoms with Crippen LogP contribution in [0.15, 0.2) is 23.0 Å². The summed E-state index contributed by atoms with van der Waals surface area (Å²) < 4.78 is 34.1. The first-order valence-corrected chi connectivity index (χ1v) is 10.8. The standard InChI is InChI=1S/C23H24F2N4O5/c1-4-28-10-14-8-16(27-11(2)30)18-17(20(31)21(34-3)19(23(28)33)29(14)18)22(32)26-9-12-5-6-13(24)7-15(12)25/h5-7,14,16H,4,8-10H2,1-3H3,(H,26,32)(H,27,30)/t14-,16+/m1/s1. The van der Waals surface area contributed by atoms with Gasteiger partial charge in [0.05, 0.1) is 24.9 Å². The molecule has 0 bridgehead atoms. The summed E-state index contributed by atoms with van der Waals surface area (Å²) in [5, 5.41) is 5.26. The minimum Gasteiger partial charge on any atom is -0.491 e. The molecule has 2 aromatic rings. The van der Waals surface area contributed by atoms with Gasteiger partial charge in [-0.3, -0.25) is 19.2 Å². The van der Waals surface area contributed by atoms with Gasteiger partial charge in [0.15, 0.2) is 11.4 Å². The van der Waals surface area contributed by atoms with Crippen molar-refractivity contribution in [1.29, 1.82) is 0 Å². The molecular formula is C23H24F2N4O5. The Kier molecular flexibility index (Phi) is 6.11. The molecule has 1 aromatic heterocycles. The van der Waals surface area contributed by atoms with Crippen molar-refractivity contribution in [1.82, 2.24) is 20.1 Å². The average molecular weight is 474 g/mol. The van der Waals surface area contributed by atoms with E-state index in [1.54, 1.807) is 9.47 Å². The lowest BCUT2D eigenvalue weighted by Crippen LogP contribution is -2.45. The van der Waals surface area contributed by atoms with Crippen LogP contribution in [0.4, 0.5) is 8.78 Å². The maximum Gasteiger partial charge on any atom is 0.274 e. The number of methoxy groups -OCH3 is 1. The van der Waals surface area contributed by atoms with Gasteiger partial charge in [0.25, 0.3) is 11.8 Å². The monoisotopic (exact) mass is 474 g/mol. The van der Waals surface area contributed by atoms with Gasteiger partial charge in [0, 0.05) is 38.2 Å². The van der Waals surface area contributed by atoms with E-state index in [0.717, 1.165) is 6.07 Å². The molecular weight excluding hydrogens is 450 g/mol. The van der Waals surface area contributed by atoms with Crippen LogP contribution < -0.4 is 20.8 Å². The molecule has 0 fully saturated rings. The number of carbonyl (C=O) groups excluding carboxylic acids is 3. The molecule has 2 aliphatic heterocycles. The van der Waals surface area contributed by atoms with Gasteiger partial charge in [-0.1, -0.05) is 6.07 Å². The Balaban J connectivity index is 1.83. The lowest BCUT2D eigenvalue weighted by Gasteiger charge is -2.34. The van der Waals surface area contributed by atoms with Crippen molar-refractivity contribution in [2.45, 2.75) is 38.9 Å². The van der Waals surface area contributed by atoms with E-state index in [4.69, 9.17) is 4.74 Å². The van der Waals surface area contributed by atoms with Crippen LogP contribution in [0.3, 0.4) is 0 Å². The summed E-state index contributed by atoms with van der Waals surface area (Å²) in [4.78, 5) is 53.2. The van der Waals surface area contributed by atoms with Gasteiger partial charge in [-0.25, -0.2) is 8.78 Å². The number of nitrogens with zero attached hydrogens (tertiary/aromatic N) is 2. The van der Waals surface area contributed by atoms with Gasteiger partial charge in [0.2, 0.25) is 11.3 Å². The van der Waals surface area contributed by atoms with E-state index in [2.05, 4.69) is 10.6 Å². The highest BCUT2D eigenvalue weighted by molar-refractivity contribution is 6.00. The van der Waals surface area contributed by atoms with Crippen LogP contribution in [-0.4, -0.2) is 47.4 Å². The SMILES string of the molecule is CCN1C[C@H]2C[C@H](NC(C)=O)c3c(C(=O)NCc4ccc(F)cc4F)c(=O)c(OC)c(n32)C1=O. The zero-order chi connectivity index (χ0) is 24.7. The van der Waals surface area contributed by atoms with Crippen LogP contribution in [0.1, 0.15) is 64.5 Å². The molecule has 9 nitrogen and oxygen atoms in total. The average Bonchev–Trinajstić information content (AvgIpc) is 3.12. The first-order valence-electron chi connectivity index (χ1n) is 10.8. The molecule has 3 amide bonds. The predicted octanol–water partition coefficient (Wildman–Crippen LogP) is 1.66. The highest BCUT2D eigenvalue weighted by Gasteiger charge is 2.45. The van der Waals surface area contributed by atoms with E-state index in [0.29, 0.717) is 25.6 Å². The van der Waals surface area contributed by atoms with Crippen LogP contribution in [-0.2, 0) is 11.3 Å². The number of rotatable bonds is 6. The fraction of sp³-hybridized carbons (Fsp3) is 0.391. The van der Waals surface area contributed by atoms with Crippen molar-refractivity contribution in [3.63, 3.8) is 0 Å². The molecule has 34 heavy (non-hydrogen) atoms. The first kappa shape index (κ1) is 23.4. The quantitative estimate of drug-likeness (QED) is 0.662. The number of aromatic nitrogens is 1. The normalized spacial score (nSPS) is 18.5. The number of nitrogens with one attached hydrogen (secondary N) is 2. The molecule has 11 heteroatoms. The predicted molar refractivity (Wildman–Crippen MR) is 117 cm³/mol. The highest BCUT2D eigenvalue weighted by atomic mass is 19.1. The summed E-state index contributed by atoms with van der Waals surface area (Å²) in [7, 11) is 1.24. The largest absolute Gasteiger partial charge is 0.491 e. The number of amides is 3. The fourth-order valence-corrected chi connectivity index (χ4v) is 4.72. The third kappa shape index (κ3) is 3.80. The Morgan fingerprint density at radius 2 is 1.97 bits per heavy atom. The second-order valence-corrected chi connectivity index (χ2v) is 8.25. The van der Waals surface area contributed by atoms with Crippen molar-refractivity contribution in [2.24, 2.45) is 0 Å². The minimum absolute atomic E-state index is 0.0289. The summed E-state index contributed by atoms with van der Waals surface area (Å²) in [6, 6.07) is 1.98. The van der Waals surface area contributed by atoms with E-state index in [9.17, 15) is 28.0 Å². The Morgan fingerprint density at radius 1 is 1.24 bits per heavy atom. The van der Waals surface area contributed by atoms with Gasteiger partial charge in [-0.15, -0.1) is 0 Å². The number of halogens is 2. The van der Waals surface area contributed by atoms with Crippen molar-refractivity contribution in [2.75, 3.05) is 20.2 Å². The van der Waals surface area contributed by atoms with Crippen LogP contribution in [0.2, 0.25) is 0 Å². The lowest BCUT2D eigenvalue weighted by atomic mass is 10.0. The second-order valence-electron chi connectivity index (χ2n) is 8.25. The van der Waals surface area contributed by atoms with Crippen molar-refractivity contribution in [3.05, 3.63) is 62.6 Å². The van der Waals surface area contributed by atoms with Gasteiger partial charge >= 0.3 is 0 Å². The Bertz CT molecular complexity index is 1260. The Labute approximate surface area is 193 Å². The van der Waals surface area contributed by atoms with E-state index in [-0.39, 0.29) is 46.8 Å². The number of pyridine rings is 1. The molecule has 2 aliphatic rings. The van der Waals surface area contributed by atoms with E-state index in [1.807, 2.05) is 6.92 Å². The molecule has 0 aliphatic carbocycles. The number of carbonyl (C=O) groups is 3. The number of ether oxygens (including phenoxy) is 1. The topological polar surface area (TPSA) is 110 Å². The summed E-state index contributed by atoms with van der Waals surface area (Å²) in [6.07, 6.45) is 0.371. The molecule has 0 radical (unpaired) electrons. The number of hydrogen-bond acceptors (Lipinski definition) is 5. The number of benzene rings is 1. The minimum atomic E-state index is -0.842. The van der Waals surface area contributed by atoms with Gasteiger partial charge in [-0.2, -0.15) is 0 Å². The van der Waals surface area contributed by atoms with E-state index >= 15 is 0 Å². The van der Waals surface area contributed by atoms with E-state index in [1.165, 1.54) is 20.1 Å². The van der Waals surface area contributed by atoms with Gasteiger partial charge in [0.1, 0.15) is 17.2 Å². The third-order valence-corrected chi connectivity index (χ3v) is 6.17. The highest BCUT2D eigenvalue weighted by Crippen LogP contribution is 2.42. The molecule has 1 aromatic carbocycles. The smallest absolute Gasteiger partial charge is 0.274 e.